The smallest absolute Gasteiger partial charge is 0.379 e. The van der Waals surface area contributed by atoms with E-state index >= 15 is 0 Å². The molecule has 1 heterocycles. The lowest BCUT2D eigenvalue weighted by Crippen LogP contribution is -2.13. The molecule has 0 amide bonds. The minimum absolute atomic E-state index is 0.00488. The number of nitrogens with two attached hydrogens (primary N) is 1. The van der Waals surface area contributed by atoms with Gasteiger partial charge in [0.25, 0.3) is 0 Å². The second-order valence-electron chi connectivity index (χ2n) is 5.08. The maximum atomic E-state index is 12.1. The molecule has 0 radical (unpaired) electrons. The van der Waals surface area contributed by atoms with E-state index in [2.05, 4.69) is 0 Å². The number of nitrogens with zero attached hydrogens (tertiary/aromatic N) is 1. The molecule has 134 valence electrons. The van der Waals surface area contributed by atoms with E-state index in [4.69, 9.17) is 25.4 Å². The van der Waals surface area contributed by atoms with Crippen LogP contribution in [0.2, 0.25) is 0 Å². The third kappa shape index (κ3) is 4.12. The molecule has 0 saturated carbocycles. The number of hydrogen-bond donors (Lipinski definition) is 3. The van der Waals surface area contributed by atoms with E-state index in [1.807, 2.05) is 0 Å². The number of nitrogen functional groups attached to an aromatic ring is 1. The van der Waals surface area contributed by atoms with Gasteiger partial charge in [0.05, 0.1) is 4.92 Å². The highest BCUT2D eigenvalue weighted by atomic mass is 16.6. The van der Waals surface area contributed by atoms with Crippen LogP contribution in [0.5, 0.6) is 5.75 Å². The Morgan fingerprint density at radius 3 is 2.62 bits per heavy atom. The number of furan rings is 1. The van der Waals surface area contributed by atoms with Crippen molar-refractivity contribution in [3.8, 4) is 5.75 Å². The van der Waals surface area contributed by atoms with Gasteiger partial charge in [0, 0.05) is 17.2 Å². The Bertz CT molecular complexity index is 943. The highest BCUT2D eigenvalue weighted by Crippen LogP contribution is 2.29. The van der Waals surface area contributed by atoms with Gasteiger partial charge in [0.1, 0.15) is 11.6 Å². The number of carbonyl (C=O) groups excluding carboxylic acids is 1. The molecule has 4 N–H and O–H groups in total. The Kier molecular flexibility index (Phi) is 5.16. The van der Waals surface area contributed by atoms with Gasteiger partial charge in [0.15, 0.2) is 0 Å². The average Bonchev–Trinajstić information content (AvgIpc) is 3.03. The van der Waals surface area contributed by atoms with Crippen molar-refractivity contribution in [1.82, 2.24) is 0 Å². The highest BCUT2D eigenvalue weighted by molar-refractivity contribution is 5.96. The van der Waals surface area contributed by atoms with Crippen molar-refractivity contribution in [2.24, 2.45) is 5.73 Å². The number of amidine groups is 1. The fourth-order valence-corrected chi connectivity index (χ4v) is 1.88. The van der Waals surface area contributed by atoms with Gasteiger partial charge in [-0.3, -0.25) is 15.5 Å². The normalized spacial score (nSPS) is 11.0. The lowest BCUT2D eigenvalue weighted by atomic mass is 10.1. The molecule has 0 bridgehead atoms. The first-order valence-corrected chi connectivity index (χ1v) is 7.05. The largest absolute Gasteiger partial charge is 0.478 e. The Labute approximate surface area is 146 Å². The quantitative estimate of drug-likeness (QED) is 0.134. The Morgan fingerprint density at radius 2 is 2.04 bits per heavy atom. The van der Waals surface area contributed by atoms with Crippen molar-refractivity contribution in [1.29, 1.82) is 5.41 Å². The molecule has 10 heteroatoms. The summed E-state index contributed by atoms with van der Waals surface area (Å²) in [5.41, 5.74) is 4.84. The predicted molar refractivity (Wildman–Crippen MR) is 89.1 cm³/mol. The van der Waals surface area contributed by atoms with Crippen LogP contribution in [0.4, 0.5) is 5.69 Å². The molecule has 1 aromatic heterocycles. The number of aliphatic carboxylic acids is 1. The van der Waals surface area contributed by atoms with Crippen molar-refractivity contribution in [3.05, 3.63) is 63.1 Å². The van der Waals surface area contributed by atoms with Crippen LogP contribution in [0.1, 0.15) is 28.8 Å². The minimum atomic E-state index is -1.15. The molecule has 0 saturated heterocycles. The summed E-state index contributed by atoms with van der Waals surface area (Å²) in [6.07, 6.45) is 1.21. The number of hydrogen-bond acceptors (Lipinski definition) is 7. The summed E-state index contributed by atoms with van der Waals surface area (Å²) in [4.78, 5) is 33.2. The fraction of sp³-hybridized carbons (Fsp3) is 0.0625. The zero-order valence-electron chi connectivity index (χ0n) is 13.4. The molecule has 0 aliphatic rings. The third-order valence-electron chi connectivity index (χ3n) is 3.19. The van der Waals surface area contributed by atoms with Crippen molar-refractivity contribution in [3.63, 3.8) is 0 Å². The maximum absolute atomic E-state index is 12.1. The molecule has 1 aromatic carbocycles. The van der Waals surface area contributed by atoms with Crippen LogP contribution >= 0.6 is 0 Å². The first-order chi connectivity index (χ1) is 12.2. The van der Waals surface area contributed by atoms with Crippen molar-refractivity contribution in [2.45, 2.75) is 6.92 Å². The van der Waals surface area contributed by atoms with Gasteiger partial charge < -0.3 is 20.0 Å². The second-order valence-corrected chi connectivity index (χ2v) is 5.08. The number of esters is 1. The SMILES string of the molecule is C/C(=C\c1ccc(C(=O)Oc2ccc(C(=N)N)cc2[N+](=O)[O-])o1)C(=O)O. The van der Waals surface area contributed by atoms with Gasteiger partial charge in [-0.2, -0.15) is 0 Å². The number of nitro benzene ring substituents is 1. The van der Waals surface area contributed by atoms with Crippen LogP contribution in [-0.2, 0) is 4.79 Å². The molecule has 10 nitrogen and oxygen atoms in total. The lowest BCUT2D eigenvalue weighted by Gasteiger charge is -2.05. The molecule has 0 spiro atoms. The number of rotatable bonds is 6. The van der Waals surface area contributed by atoms with Gasteiger partial charge in [-0.25, -0.2) is 9.59 Å². The van der Waals surface area contributed by atoms with Crippen LogP contribution in [0.15, 0.2) is 40.3 Å². The number of nitro groups is 1. The van der Waals surface area contributed by atoms with E-state index in [1.165, 1.54) is 31.2 Å². The van der Waals surface area contributed by atoms with Crippen molar-refractivity contribution >= 4 is 29.5 Å². The molecule has 0 aliphatic heterocycles. The van der Waals surface area contributed by atoms with E-state index in [-0.39, 0.29) is 34.2 Å². The van der Waals surface area contributed by atoms with E-state index in [0.29, 0.717) is 0 Å². The van der Waals surface area contributed by atoms with Gasteiger partial charge in [0.2, 0.25) is 11.5 Å². The summed E-state index contributed by atoms with van der Waals surface area (Å²) in [5, 5.41) is 27.2. The zero-order valence-corrected chi connectivity index (χ0v) is 13.4. The topological polar surface area (TPSA) is 170 Å². The van der Waals surface area contributed by atoms with Crippen molar-refractivity contribution < 1.29 is 28.8 Å². The summed E-state index contributed by atoms with van der Waals surface area (Å²) in [6.45, 7) is 1.35. The van der Waals surface area contributed by atoms with Crippen LogP contribution in [-0.4, -0.2) is 27.8 Å². The summed E-state index contributed by atoms with van der Waals surface area (Å²) in [6, 6.07) is 6.06. The number of nitrogens with one attached hydrogen (secondary N) is 1. The Balaban J connectivity index is 2.27. The molecule has 0 atom stereocenters. The van der Waals surface area contributed by atoms with Crippen molar-refractivity contribution in [2.75, 3.05) is 0 Å². The van der Waals surface area contributed by atoms with Crippen LogP contribution in [0.25, 0.3) is 6.08 Å². The first-order valence-electron chi connectivity index (χ1n) is 7.05. The zero-order chi connectivity index (χ0) is 19.4. The second kappa shape index (κ2) is 7.30. The summed E-state index contributed by atoms with van der Waals surface area (Å²) in [5.74, 6) is -3.02. The number of carboxylic acids is 1. The Morgan fingerprint density at radius 1 is 1.35 bits per heavy atom. The standard InChI is InChI=1S/C16H13N3O7/c1-8(15(20)21)6-10-3-5-13(25-10)16(22)26-12-4-2-9(14(17)18)7-11(12)19(23)24/h2-7H,1H3,(H3,17,18)(H,20,21)/b8-6+. The highest BCUT2D eigenvalue weighted by Gasteiger charge is 2.22. The number of ether oxygens (including phenoxy) is 1. The molecular formula is C16H13N3O7. The predicted octanol–water partition coefficient (Wildman–Crippen LogP) is 2.18. The number of benzene rings is 1. The summed E-state index contributed by atoms with van der Waals surface area (Å²) < 4.78 is 10.1. The monoisotopic (exact) mass is 359 g/mol. The molecule has 26 heavy (non-hydrogen) atoms. The molecule has 0 aliphatic carbocycles. The van der Waals surface area contributed by atoms with Crippen LogP contribution in [0, 0.1) is 15.5 Å². The summed E-state index contributed by atoms with van der Waals surface area (Å²) >= 11 is 0. The molecule has 2 aromatic rings. The third-order valence-corrected chi connectivity index (χ3v) is 3.19. The number of carboxylic acid groups (broad SMARTS) is 1. The van der Waals surface area contributed by atoms with Crippen LogP contribution in [0.3, 0.4) is 0 Å². The maximum Gasteiger partial charge on any atom is 0.379 e. The summed E-state index contributed by atoms with van der Waals surface area (Å²) in [7, 11) is 0. The molecule has 2 rings (SSSR count). The van der Waals surface area contributed by atoms with E-state index in [9.17, 15) is 19.7 Å². The van der Waals surface area contributed by atoms with E-state index < -0.39 is 22.5 Å². The van der Waals surface area contributed by atoms with Gasteiger partial charge in [-0.05, 0) is 37.3 Å². The van der Waals surface area contributed by atoms with Gasteiger partial charge in [-0.1, -0.05) is 0 Å². The molecule has 0 fully saturated rings. The fourth-order valence-electron chi connectivity index (χ4n) is 1.88. The Hall–Kier alpha value is -3.95. The molecular weight excluding hydrogens is 346 g/mol. The van der Waals surface area contributed by atoms with Gasteiger partial charge >= 0.3 is 17.6 Å². The van der Waals surface area contributed by atoms with Crippen LogP contribution < -0.4 is 10.5 Å². The van der Waals surface area contributed by atoms with E-state index in [1.54, 1.807) is 0 Å². The lowest BCUT2D eigenvalue weighted by molar-refractivity contribution is -0.385. The van der Waals surface area contributed by atoms with Gasteiger partial charge in [-0.15, -0.1) is 0 Å². The minimum Gasteiger partial charge on any atom is -0.478 e. The number of carbonyl (C=O) groups is 2. The average molecular weight is 359 g/mol. The first kappa shape index (κ1) is 18.4. The van der Waals surface area contributed by atoms with E-state index in [0.717, 1.165) is 12.1 Å². The molecule has 0 unspecified atom stereocenters.